The number of halogens is 1. The maximum atomic E-state index is 12.8. The van der Waals surface area contributed by atoms with Crippen molar-refractivity contribution in [2.75, 3.05) is 6.54 Å². The van der Waals surface area contributed by atoms with Gasteiger partial charge in [-0.3, -0.25) is 4.79 Å². The summed E-state index contributed by atoms with van der Waals surface area (Å²) in [4.78, 5) is 17.8. The molecule has 1 aromatic carbocycles. The third-order valence-electron chi connectivity index (χ3n) is 3.87. The van der Waals surface area contributed by atoms with Crippen molar-refractivity contribution in [3.63, 3.8) is 0 Å². The van der Waals surface area contributed by atoms with Gasteiger partial charge >= 0.3 is 0 Å². The van der Waals surface area contributed by atoms with Crippen LogP contribution >= 0.6 is 0 Å². The smallest absolute Gasteiger partial charge is 0.264 e. The normalized spacial score (nSPS) is 18.0. The van der Waals surface area contributed by atoms with Crippen molar-refractivity contribution in [1.82, 2.24) is 15.0 Å². The summed E-state index contributed by atoms with van der Waals surface area (Å²) in [5.74, 6) is 1.06. The van der Waals surface area contributed by atoms with Crippen molar-refractivity contribution in [3.8, 4) is 5.75 Å². The molecule has 1 unspecified atom stereocenters. The third kappa shape index (κ3) is 3.67. The fourth-order valence-electron chi connectivity index (χ4n) is 2.71. The highest BCUT2D eigenvalue weighted by Gasteiger charge is 2.29. The second-order valence-corrected chi connectivity index (χ2v) is 5.51. The van der Waals surface area contributed by atoms with E-state index in [4.69, 9.17) is 9.26 Å². The molecule has 23 heavy (non-hydrogen) atoms. The maximum absolute atomic E-state index is 12.8. The lowest BCUT2D eigenvalue weighted by Crippen LogP contribution is -2.37. The van der Waals surface area contributed by atoms with Crippen LogP contribution in [0.15, 0.2) is 28.8 Å². The molecule has 0 N–H and O–H groups in total. The summed E-state index contributed by atoms with van der Waals surface area (Å²) in [5.41, 5.74) is 0. The van der Waals surface area contributed by atoms with Gasteiger partial charge in [0, 0.05) is 13.5 Å². The van der Waals surface area contributed by atoms with E-state index in [9.17, 15) is 9.18 Å². The van der Waals surface area contributed by atoms with Crippen molar-refractivity contribution in [3.05, 3.63) is 41.8 Å². The van der Waals surface area contributed by atoms with Gasteiger partial charge in [-0.2, -0.15) is 4.98 Å². The van der Waals surface area contributed by atoms with Crippen LogP contribution in [-0.2, 0) is 11.4 Å². The Morgan fingerprint density at radius 1 is 1.39 bits per heavy atom. The van der Waals surface area contributed by atoms with Gasteiger partial charge in [0.25, 0.3) is 5.89 Å². The van der Waals surface area contributed by atoms with Crippen molar-refractivity contribution in [2.24, 2.45) is 0 Å². The average Bonchev–Trinajstić information content (AvgIpc) is 3.03. The van der Waals surface area contributed by atoms with Gasteiger partial charge in [0.2, 0.25) is 5.91 Å². The van der Waals surface area contributed by atoms with Crippen LogP contribution in [0.2, 0.25) is 0 Å². The molecule has 7 heteroatoms. The molecule has 122 valence electrons. The van der Waals surface area contributed by atoms with E-state index in [1.807, 2.05) is 0 Å². The Morgan fingerprint density at radius 2 is 2.17 bits per heavy atom. The molecule has 3 rings (SSSR count). The monoisotopic (exact) mass is 319 g/mol. The van der Waals surface area contributed by atoms with E-state index in [0.717, 1.165) is 25.8 Å². The molecule has 1 saturated heterocycles. The number of likely N-dealkylation sites (tertiary alicyclic amines) is 1. The first kappa shape index (κ1) is 15.5. The van der Waals surface area contributed by atoms with Crippen molar-refractivity contribution < 1.29 is 18.4 Å². The molecule has 2 heterocycles. The van der Waals surface area contributed by atoms with Crippen molar-refractivity contribution >= 4 is 5.91 Å². The molecule has 1 aliphatic rings. The SMILES string of the molecule is CC(=O)N1CCCCC1c1noc(COc2ccc(F)cc2)n1. The number of piperidine rings is 1. The Kier molecular flexibility index (Phi) is 4.55. The quantitative estimate of drug-likeness (QED) is 0.867. The van der Waals surface area contributed by atoms with Gasteiger partial charge in [-0.1, -0.05) is 5.16 Å². The zero-order valence-electron chi connectivity index (χ0n) is 12.9. The van der Waals surface area contributed by atoms with Crippen molar-refractivity contribution in [1.29, 1.82) is 0 Å². The molecule has 0 bridgehead atoms. The second kappa shape index (κ2) is 6.76. The highest BCUT2D eigenvalue weighted by atomic mass is 19.1. The number of carbonyl (C=O) groups is 1. The predicted molar refractivity (Wildman–Crippen MR) is 79.0 cm³/mol. The molecule has 1 amide bonds. The number of amides is 1. The maximum Gasteiger partial charge on any atom is 0.264 e. The summed E-state index contributed by atoms with van der Waals surface area (Å²) in [6, 6.07) is 5.57. The highest BCUT2D eigenvalue weighted by Crippen LogP contribution is 2.29. The number of nitrogens with zero attached hydrogens (tertiary/aromatic N) is 3. The van der Waals surface area contributed by atoms with Crippen LogP contribution in [0.25, 0.3) is 0 Å². The van der Waals surface area contributed by atoms with E-state index in [2.05, 4.69) is 10.1 Å². The number of aromatic nitrogens is 2. The van der Waals surface area contributed by atoms with Gasteiger partial charge in [-0.25, -0.2) is 4.39 Å². The fraction of sp³-hybridized carbons (Fsp3) is 0.438. The lowest BCUT2D eigenvalue weighted by Gasteiger charge is -2.32. The molecule has 1 aliphatic heterocycles. The molecule has 6 nitrogen and oxygen atoms in total. The van der Waals surface area contributed by atoms with E-state index in [0.29, 0.717) is 17.5 Å². The standard InChI is InChI=1S/C16H18FN3O3/c1-11(21)20-9-3-2-4-14(20)16-18-15(23-19-16)10-22-13-7-5-12(17)6-8-13/h5-8,14H,2-4,9-10H2,1H3. The fourth-order valence-corrected chi connectivity index (χ4v) is 2.71. The largest absolute Gasteiger partial charge is 0.484 e. The first-order valence-electron chi connectivity index (χ1n) is 7.61. The van der Waals surface area contributed by atoms with E-state index in [1.54, 1.807) is 11.8 Å². The zero-order chi connectivity index (χ0) is 16.2. The number of ether oxygens (including phenoxy) is 1. The third-order valence-corrected chi connectivity index (χ3v) is 3.87. The number of hydrogen-bond donors (Lipinski definition) is 0. The van der Waals surface area contributed by atoms with Crippen molar-refractivity contribution in [2.45, 2.75) is 38.8 Å². The van der Waals surface area contributed by atoms with E-state index in [1.165, 1.54) is 24.3 Å². The minimum Gasteiger partial charge on any atom is -0.484 e. The minimum atomic E-state index is -0.320. The summed E-state index contributed by atoms with van der Waals surface area (Å²) < 4.78 is 23.5. The van der Waals surface area contributed by atoms with E-state index >= 15 is 0 Å². The highest BCUT2D eigenvalue weighted by molar-refractivity contribution is 5.73. The molecule has 0 spiro atoms. The molecule has 0 aliphatic carbocycles. The Morgan fingerprint density at radius 3 is 2.91 bits per heavy atom. The first-order valence-corrected chi connectivity index (χ1v) is 7.61. The van der Waals surface area contributed by atoms with Crippen LogP contribution in [0.3, 0.4) is 0 Å². The van der Waals surface area contributed by atoms with Crippen LogP contribution < -0.4 is 4.74 Å². The van der Waals surface area contributed by atoms with Crippen LogP contribution in [0.1, 0.15) is 43.9 Å². The second-order valence-electron chi connectivity index (χ2n) is 5.51. The molecule has 0 saturated carbocycles. The topological polar surface area (TPSA) is 68.5 Å². The Labute approximate surface area is 133 Å². The molecular weight excluding hydrogens is 301 g/mol. The molecule has 0 radical (unpaired) electrons. The summed E-state index contributed by atoms with van der Waals surface area (Å²) >= 11 is 0. The van der Waals surface area contributed by atoms with Gasteiger partial charge < -0.3 is 14.2 Å². The number of carbonyl (C=O) groups excluding carboxylic acids is 1. The number of benzene rings is 1. The summed E-state index contributed by atoms with van der Waals surface area (Å²) in [6.45, 7) is 2.37. The molecule has 1 atom stereocenters. The number of rotatable bonds is 4. The Balaban J connectivity index is 1.65. The zero-order valence-corrected chi connectivity index (χ0v) is 12.9. The van der Waals surface area contributed by atoms with E-state index < -0.39 is 0 Å². The predicted octanol–water partition coefficient (Wildman–Crippen LogP) is 2.86. The van der Waals surface area contributed by atoms with E-state index in [-0.39, 0.29) is 24.4 Å². The van der Waals surface area contributed by atoms with Gasteiger partial charge in [0.15, 0.2) is 12.4 Å². The summed E-state index contributed by atoms with van der Waals surface area (Å²) in [6.07, 6.45) is 2.86. The first-order chi connectivity index (χ1) is 11.1. The number of hydrogen-bond acceptors (Lipinski definition) is 5. The van der Waals surface area contributed by atoms with Gasteiger partial charge in [0.1, 0.15) is 11.6 Å². The molecule has 1 fully saturated rings. The Bertz CT molecular complexity index is 671. The van der Waals surface area contributed by atoms with Gasteiger partial charge in [-0.15, -0.1) is 0 Å². The molecule has 1 aromatic heterocycles. The summed E-state index contributed by atoms with van der Waals surface area (Å²) in [7, 11) is 0. The van der Waals surface area contributed by atoms with Crippen LogP contribution in [0.4, 0.5) is 4.39 Å². The Hall–Kier alpha value is -2.44. The lowest BCUT2D eigenvalue weighted by molar-refractivity contribution is -0.132. The minimum absolute atomic E-state index is 0.0172. The average molecular weight is 319 g/mol. The van der Waals surface area contributed by atoms with Crippen LogP contribution in [-0.4, -0.2) is 27.5 Å². The van der Waals surface area contributed by atoms with Crippen LogP contribution in [0.5, 0.6) is 5.75 Å². The lowest BCUT2D eigenvalue weighted by atomic mass is 10.0. The summed E-state index contributed by atoms with van der Waals surface area (Å²) in [5, 5.41) is 3.98. The molecular formula is C16H18FN3O3. The van der Waals surface area contributed by atoms with Gasteiger partial charge in [0.05, 0.1) is 6.04 Å². The van der Waals surface area contributed by atoms with Crippen LogP contribution in [0, 0.1) is 5.82 Å². The molecule has 2 aromatic rings. The van der Waals surface area contributed by atoms with Gasteiger partial charge in [-0.05, 0) is 43.5 Å².